The first-order chi connectivity index (χ1) is 16.0. The summed E-state index contributed by atoms with van der Waals surface area (Å²) < 4.78 is 11.1. The molecule has 2 N–H and O–H groups in total. The van der Waals surface area contributed by atoms with E-state index in [1.54, 1.807) is 30.3 Å². The van der Waals surface area contributed by atoms with Crippen molar-refractivity contribution in [3.8, 4) is 5.75 Å². The van der Waals surface area contributed by atoms with Gasteiger partial charge >= 0.3 is 12.0 Å². The lowest BCUT2D eigenvalue weighted by Gasteiger charge is -2.30. The number of methoxy groups -OCH3 is 1. The van der Waals surface area contributed by atoms with Crippen LogP contribution in [0.15, 0.2) is 78.4 Å². The van der Waals surface area contributed by atoms with E-state index in [2.05, 4.69) is 10.6 Å². The van der Waals surface area contributed by atoms with Crippen molar-refractivity contribution in [2.45, 2.75) is 12.6 Å². The first-order valence-corrected chi connectivity index (χ1v) is 10.8. The van der Waals surface area contributed by atoms with E-state index in [1.165, 1.54) is 7.11 Å². The van der Waals surface area contributed by atoms with Gasteiger partial charge in [0.1, 0.15) is 12.4 Å². The number of rotatable bonds is 6. The Morgan fingerprint density at radius 1 is 1.00 bits per heavy atom. The van der Waals surface area contributed by atoms with Crippen molar-refractivity contribution in [3.05, 3.63) is 105 Å². The molecule has 0 fully saturated rings. The van der Waals surface area contributed by atoms with Gasteiger partial charge in [0.2, 0.25) is 0 Å². The third kappa shape index (κ3) is 4.97. The minimum absolute atomic E-state index is 0.175. The van der Waals surface area contributed by atoms with Crippen LogP contribution in [0.2, 0.25) is 10.0 Å². The molecular weight excluding hydrogens is 463 g/mol. The van der Waals surface area contributed by atoms with Crippen LogP contribution in [0.1, 0.15) is 22.7 Å². The third-order valence-electron chi connectivity index (χ3n) is 5.17. The average molecular weight is 483 g/mol. The molecular formula is C25H20Cl2N2O4. The van der Waals surface area contributed by atoms with Crippen LogP contribution in [0.5, 0.6) is 5.75 Å². The fourth-order valence-corrected chi connectivity index (χ4v) is 4.07. The van der Waals surface area contributed by atoms with Crippen molar-refractivity contribution in [3.63, 3.8) is 0 Å². The molecule has 0 bridgehead atoms. The molecule has 1 aliphatic heterocycles. The molecule has 0 aliphatic carbocycles. The zero-order valence-electron chi connectivity index (χ0n) is 17.6. The molecule has 1 heterocycles. The number of benzene rings is 3. The molecule has 0 saturated heterocycles. The summed E-state index contributed by atoms with van der Waals surface area (Å²) in [5.41, 5.74) is 2.69. The molecule has 168 valence electrons. The number of urea groups is 1. The standard InChI is InChI=1S/C25H20Cl2N2O4/c1-32-24(30)21-22(15-7-3-2-4-8-15)28-25(31)29-23(21)18-9-5-6-10-20(18)33-14-16-11-12-17(26)13-19(16)27/h2-13,23H,14H2,1H3,(H2,28,29,31). The van der Waals surface area contributed by atoms with E-state index in [4.69, 9.17) is 32.7 Å². The van der Waals surface area contributed by atoms with Crippen molar-refractivity contribution >= 4 is 40.9 Å². The normalized spacial score (nSPS) is 15.5. The topological polar surface area (TPSA) is 76.7 Å². The molecule has 4 rings (SSSR count). The fraction of sp³-hybridized carbons (Fsp3) is 0.120. The minimum Gasteiger partial charge on any atom is -0.488 e. The van der Waals surface area contributed by atoms with Crippen LogP contribution in [0.3, 0.4) is 0 Å². The second-order valence-corrected chi connectivity index (χ2v) is 8.08. The summed E-state index contributed by atoms with van der Waals surface area (Å²) in [6, 6.07) is 20.2. The Morgan fingerprint density at radius 2 is 1.73 bits per heavy atom. The first kappa shape index (κ1) is 22.7. The van der Waals surface area contributed by atoms with Gasteiger partial charge in [0, 0.05) is 21.2 Å². The quantitative estimate of drug-likeness (QED) is 0.454. The first-order valence-electron chi connectivity index (χ1n) is 10.1. The zero-order chi connectivity index (χ0) is 23.4. The van der Waals surface area contributed by atoms with Crippen molar-refractivity contribution in [2.75, 3.05) is 7.11 Å². The van der Waals surface area contributed by atoms with E-state index >= 15 is 0 Å². The smallest absolute Gasteiger partial charge is 0.338 e. The van der Waals surface area contributed by atoms with Crippen LogP contribution in [0.4, 0.5) is 4.79 Å². The third-order valence-corrected chi connectivity index (χ3v) is 5.75. The van der Waals surface area contributed by atoms with Crippen LogP contribution >= 0.6 is 23.2 Å². The van der Waals surface area contributed by atoms with Gasteiger partial charge in [-0.2, -0.15) is 0 Å². The second-order valence-electron chi connectivity index (χ2n) is 7.24. The lowest BCUT2D eigenvalue weighted by atomic mass is 9.92. The molecule has 1 unspecified atom stereocenters. The molecule has 8 heteroatoms. The summed E-state index contributed by atoms with van der Waals surface area (Å²) in [7, 11) is 1.30. The number of nitrogens with one attached hydrogen (secondary N) is 2. The number of ether oxygens (including phenoxy) is 2. The van der Waals surface area contributed by atoms with Gasteiger partial charge in [-0.1, -0.05) is 77.8 Å². The van der Waals surface area contributed by atoms with Crippen molar-refractivity contribution in [1.82, 2.24) is 10.6 Å². The van der Waals surface area contributed by atoms with E-state index < -0.39 is 18.0 Å². The SMILES string of the molecule is COC(=O)C1=C(c2ccccc2)NC(=O)NC1c1ccccc1OCc1ccc(Cl)cc1Cl. The Morgan fingerprint density at radius 3 is 2.45 bits per heavy atom. The number of para-hydroxylation sites is 1. The van der Waals surface area contributed by atoms with E-state index in [0.29, 0.717) is 32.6 Å². The summed E-state index contributed by atoms with van der Waals surface area (Å²) in [4.78, 5) is 25.4. The molecule has 1 atom stereocenters. The fourth-order valence-electron chi connectivity index (χ4n) is 3.60. The van der Waals surface area contributed by atoms with Crippen molar-refractivity contribution < 1.29 is 19.1 Å². The van der Waals surface area contributed by atoms with Gasteiger partial charge in [-0.15, -0.1) is 0 Å². The molecule has 33 heavy (non-hydrogen) atoms. The second kappa shape index (κ2) is 9.98. The van der Waals surface area contributed by atoms with E-state index in [9.17, 15) is 9.59 Å². The molecule has 3 aromatic rings. The van der Waals surface area contributed by atoms with Gasteiger partial charge in [0.05, 0.1) is 24.4 Å². The zero-order valence-corrected chi connectivity index (χ0v) is 19.1. The number of carbonyl (C=O) groups is 2. The Labute approximate surface area is 201 Å². The Balaban J connectivity index is 1.75. The maximum atomic E-state index is 12.9. The lowest BCUT2D eigenvalue weighted by Crippen LogP contribution is -2.45. The van der Waals surface area contributed by atoms with Gasteiger partial charge < -0.3 is 20.1 Å². The highest BCUT2D eigenvalue weighted by Crippen LogP contribution is 2.36. The van der Waals surface area contributed by atoms with E-state index in [1.807, 2.05) is 42.5 Å². The van der Waals surface area contributed by atoms with Crippen LogP contribution in [0, 0.1) is 0 Å². The Kier molecular flexibility index (Phi) is 6.87. The lowest BCUT2D eigenvalue weighted by molar-refractivity contribution is -0.136. The van der Waals surface area contributed by atoms with Gasteiger partial charge in [-0.05, 0) is 23.8 Å². The highest BCUT2D eigenvalue weighted by molar-refractivity contribution is 6.35. The van der Waals surface area contributed by atoms with Gasteiger partial charge in [0.15, 0.2) is 0 Å². The molecule has 0 saturated carbocycles. The highest BCUT2D eigenvalue weighted by atomic mass is 35.5. The average Bonchev–Trinajstić information content (AvgIpc) is 2.83. The molecule has 1 aliphatic rings. The Hall–Kier alpha value is -3.48. The van der Waals surface area contributed by atoms with E-state index in [0.717, 1.165) is 5.56 Å². The van der Waals surface area contributed by atoms with Crippen LogP contribution < -0.4 is 15.4 Å². The van der Waals surface area contributed by atoms with E-state index in [-0.39, 0.29) is 12.2 Å². The van der Waals surface area contributed by atoms with Crippen molar-refractivity contribution in [2.24, 2.45) is 0 Å². The number of halogens is 2. The predicted octanol–water partition coefficient (Wildman–Crippen LogP) is 5.51. The maximum Gasteiger partial charge on any atom is 0.338 e. The van der Waals surface area contributed by atoms with Gasteiger partial charge in [0.25, 0.3) is 0 Å². The monoisotopic (exact) mass is 482 g/mol. The minimum atomic E-state index is -0.793. The summed E-state index contributed by atoms with van der Waals surface area (Å²) in [5, 5.41) is 6.58. The molecule has 6 nitrogen and oxygen atoms in total. The number of amides is 2. The molecule has 2 amide bonds. The highest BCUT2D eigenvalue weighted by Gasteiger charge is 2.35. The Bertz CT molecular complexity index is 1230. The molecule has 3 aromatic carbocycles. The molecule has 0 aromatic heterocycles. The van der Waals surface area contributed by atoms with Crippen molar-refractivity contribution in [1.29, 1.82) is 0 Å². The number of esters is 1. The predicted molar refractivity (Wildman–Crippen MR) is 127 cm³/mol. The summed E-state index contributed by atoms with van der Waals surface area (Å²) in [6.45, 7) is 0.175. The van der Waals surface area contributed by atoms with Crippen LogP contribution in [-0.2, 0) is 16.1 Å². The molecule has 0 radical (unpaired) electrons. The summed E-state index contributed by atoms with van der Waals surface area (Å²) >= 11 is 12.3. The number of carbonyl (C=O) groups excluding carboxylic acids is 2. The van der Waals surface area contributed by atoms with Gasteiger partial charge in [-0.25, -0.2) is 9.59 Å². The van der Waals surface area contributed by atoms with Crippen LogP contribution in [-0.4, -0.2) is 19.1 Å². The summed E-state index contributed by atoms with van der Waals surface area (Å²) in [5.74, 6) is -0.0774. The molecule has 0 spiro atoms. The number of hydrogen-bond donors (Lipinski definition) is 2. The number of hydrogen-bond acceptors (Lipinski definition) is 4. The largest absolute Gasteiger partial charge is 0.488 e. The van der Waals surface area contributed by atoms with Crippen LogP contribution in [0.25, 0.3) is 5.70 Å². The summed E-state index contributed by atoms with van der Waals surface area (Å²) in [6.07, 6.45) is 0. The van der Waals surface area contributed by atoms with Gasteiger partial charge in [-0.3, -0.25) is 0 Å². The maximum absolute atomic E-state index is 12.9.